The molecule has 7 N–H and O–H groups in total. The Bertz CT molecular complexity index is 599. The van der Waals surface area contributed by atoms with E-state index in [4.69, 9.17) is 16.3 Å². The highest BCUT2D eigenvalue weighted by Gasteiger charge is 2.27. The normalized spacial score (nSPS) is 23.7. The zero-order valence-corrected chi connectivity index (χ0v) is 17.3. The molecule has 2 saturated carbocycles. The van der Waals surface area contributed by atoms with Gasteiger partial charge >= 0.3 is 5.97 Å². The van der Waals surface area contributed by atoms with E-state index in [1.165, 1.54) is 12.6 Å². The van der Waals surface area contributed by atoms with Crippen molar-refractivity contribution in [2.75, 3.05) is 12.3 Å². The third kappa shape index (κ3) is 6.59. The molecule has 0 bridgehead atoms. The SMILES string of the molecule is CCOC(=O)c1cnn(C2CCC(O)CC2)c1N.Cl.NNC1(O)CCCCC1. The van der Waals surface area contributed by atoms with Crippen LogP contribution in [-0.2, 0) is 4.74 Å². The first kappa shape index (κ1) is 24.6. The monoisotopic (exact) mass is 419 g/mol. The van der Waals surface area contributed by atoms with Crippen LogP contribution in [0.25, 0.3) is 0 Å². The third-order valence-electron chi connectivity index (χ3n) is 5.29. The molecule has 0 saturated heterocycles. The van der Waals surface area contributed by atoms with Gasteiger partial charge in [-0.25, -0.2) is 14.9 Å². The van der Waals surface area contributed by atoms with E-state index in [9.17, 15) is 15.0 Å². The van der Waals surface area contributed by atoms with Gasteiger partial charge in [0.25, 0.3) is 0 Å². The van der Waals surface area contributed by atoms with E-state index in [0.29, 0.717) is 18.0 Å². The Morgan fingerprint density at radius 1 is 1.32 bits per heavy atom. The zero-order valence-electron chi connectivity index (χ0n) is 16.5. The molecule has 0 radical (unpaired) electrons. The van der Waals surface area contributed by atoms with Gasteiger partial charge in [0.05, 0.1) is 24.9 Å². The number of aliphatic hydroxyl groups is 2. The number of halogens is 1. The second-order valence-corrected chi connectivity index (χ2v) is 7.31. The number of nitrogens with two attached hydrogens (primary N) is 2. The maximum atomic E-state index is 11.6. The highest BCUT2D eigenvalue weighted by Crippen LogP contribution is 2.30. The lowest BCUT2D eigenvalue weighted by atomic mass is 9.92. The molecule has 0 unspecified atom stereocenters. The van der Waals surface area contributed by atoms with Gasteiger partial charge in [-0.1, -0.05) is 6.42 Å². The van der Waals surface area contributed by atoms with Gasteiger partial charge in [-0.05, 0) is 58.3 Å². The van der Waals surface area contributed by atoms with Crippen LogP contribution in [0.4, 0.5) is 5.82 Å². The van der Waals surface area contributed by atoms with E-state index in [2.05, 4.69) is 10.5 Å². The third-order valence-corrected chi connectivity index (χ3v) is 5.29. The van der Waals surface area contributed by atoms with E-state index >= 15 is 0 Å². The fraction of sp³-hybridized carbons (Fsp3) is 0.778. The summed E-state index contributed by atoms with van der Waals surface area (Å²) in [5.74, 6) is 5.06. The lowest BCUT2D eigenvalue weighted by molar-refractivity contribution is -0.0279. The Morgan fingerprint density at radius 2 is 1.93 bits per heavy atom. The number of nitrogens with one attached hydrogen (secondary N) is 1. The van der Waals surface area contributed by atoms with Crippen LogP contribution in [0.15, 0.2) is 6.20 Å². The molecule has 0 aromatic carbocycles. The fourth-order valence-electron chi connectivity index (χ4n) is 3.61. The van der Waals surface area contributed by atoms with Gasteiger partial charge in [0.2, 0.25) is 0 Å². The van der Waals surface area contributed by atoms with Crippen molar-refractivity contribution >= 4 is 24.2 Å². The first-order valence-corrected chi connectivity index (χ1v) is 9.78. The number of nitrogen functional groups attached to an aromatic ring is 1. The fourth-order valence-corrected chi connectivity index (χ4v) is 3.61. The smallest absolute Gasteiger partial charge is 0.343 e. The lowest BCUT2D eigenvalue weighted by Crippen LogP contribution is -2.50. The summed E-state index contributed by atoms with van der Waals surface area (Å²) in [5, 5.41) is 23.1. The van der Waals surface area contributed by atoms with E-state index in [0.717, 1.165) is 51.4 Å². The molecular formula is C18H34ClN5O4. The molecule has 0 amide bonds. The highest BCUT2D eigenvalue weighted by molar-refractivity contribution is 5.94. The average Bonchev–Trinajstić information content (AvgIpc) is 3.05. The van der Waals surface area contributed by atoms with Gasteiger partial charge < -0.3 is 20.7 Å². The number of carbonyl (C=O) groups is 1. The first-order valence-electron chi connectivity index (χ1n) is 9.78. The number of hydrogen-bond acceptors (Lipinski definition) is 8. The number of aromatic nitrogens is 2. The number of anilines is 1. The predicted molar refractivity (Wildman–Crippen MR) is 109 cm³/mol. The molecule has 1 heterocycles. The number of rotatable bonds is 4. The van der Waals surface area contributed by atoms with Crippen molar-refractivity contribution in [1.82, 2.24) is 15.2 Å². The van der Waals surface area contributed by atoms with E-state index in [1.54, 1.807) is 11.6 Å². The summed E-state index contributed by atoms with van der Waals surface area (Å²) in [6, 6.07) is 0.163. The van der Waals surface area contributed by atoms with Gasteiger partial charge in [0.1, 0.15) is 17.1 Å². The molecule has 9 nitrogen and oxygen atoms in total. The minimum Gasteiger partial charge on any atom is -0.462 e. The largest absolute Gasteiger partial charge is 0.462 e. The minimum absolute atomic E-state index is 0. The summed E-state index contributed by atoms with van der Waals surface area (Å²) < 4.78 is 6.59. The number of carbonyl (C=O) groups excluding carboxylic acids is 1. The Kier molecular flexibility index (Phi) is 10.2. The summed E-state index contributed by atoms with van der Waals surface area (Å²) in [5.41, 5.74) is 7.94. The van der Waals surface area contributed by atoms with Crippen LogP contribution in [0.5, 0.6) is 0 Å². The van der Waals surface area contributed by atoms with Crippen LogP contribution in [0.2, 0.25) is 0 Å². The molecule has 1 aromatic heterocycles. The van der Waals surface area contributed by atoms with Crippen molar-refractivity contribution in [2.24, 2.45) is 5.84 Å². The number of aliphatic hydroxyl groups excluding tert-OH is 1. The summed E-state index contributed by atoms with van der Waals surface area (Å²) >= 11 is 0. The molecule has 0 spiro atoms. The summed E-state index contributed by atoms with van der Waals surface area (Å²) in [6.45, 7) is 2.07. The quantitative estimate of drug-likeness (QED) is 0.214. The molecule has 0 atom stereocenters. The Morgan fingerprint density at radius 3 is 2.43 bits per heavy atom. The van der Waals surface area contributed by atoms with Crippen molar-refractivity contribution in [1.29, 1.82) is 0 Å². The average molecular weight is 420 g/mol. The Labute approximate surface area is 172 Å². The van der Waals surface area contributed by atoms with Gasteiger partial charge in [0.15, 0.2) is 0 Å². The van der Waals surface area contributed by atoms with Crippen LogP contribution in [0.3, 0.4) is 0 Å². The van der Waals surface area contributed by atoms with Gasteiger partial charge in [-0.2, -0.15) is 5.10 Å². The van der Waals surface area contributed by atoms with Gasteiger partial charge in [0, 0.05) is 0 Å². The van der Waals surface area contributed by atoms with E-state index in [1.807, 2.05) is 0 Å². The second-order valence-electron chi connectivity index (χ2n) is 7.31. The summed E-state index contributed by atoms with van der Waals surface area (Å²) in [7, 11) is 0. The first-order chi connectivity index (χ1) is 12.9. The standard InChI is InChI=1S/C12H19N3O3.C6H14N2O.ClH/c1-2-18-12(17)10-7-14-15(11(10)13)8-3-5-9(16)6-4-8;7-8-6(9)4-2-1-3-5-6;/h7-9,16H,2-6,13H2,1H3;8-9H,1-5,7H2;1H. The highest BCUT2D eigenvalue weighted by atomic mass is 35.5. The van der Waals surface area contributed by atoms with E-state index in [-0.39, 0.29) is 24.6 Å². The molecule has 0 aliphatic heterocycles. The maximum Gasteiger partial charge on any atom is 0.343 e. The molecule has 2 fully saturated rings. The Balaban J connectivity index is 0.000000332. The zero-order chi connectivity index (χ0) is 19.9. The van der Waals surface area contributed by atoms with E-state index < -0.39 is 11.7 Å². The van der Waals surface area contributed by atoms with Gasteiger partial charge in [-0.15, -0.1) is 12.4 Å². The summed E-state index contributed by atoms with van der Waals surface area (Å²) in [6.07, 6.45) is 9.38. The number of nitrogens with zero attached hydrogens (tertiary/aromatic N) is 2. The number of esters is 1. The number of ether oxygens (including phenoxy) is 1. The van der Waals surface area contributed by atoms with Crippen LogP contribution in [0, 0.1) is 0 Å². The molecular weight excluding hydrogens is 386 g/mol. The molecule has 28 heavy (non-hydrogen) atoms. The summed E-state index contributed by atoms with van der Waals surface area (Å²) in [4.78, 5) is 11.6. The second kappa shape index (κ2) is 11.6. The topological polar surface area (TPSA) is 149 Å². The van der Waals surface area contributed by atoms with Crippen molar-refractivity contribution in [2.45, 2.75) is 82.6 Å². The molecule has 1 aromatic rings. The number of hydrogen-bond donors (Lipinski definition) is 5. The van der Waals surface area contributed by atoms with Crippen molar-refractivity contribution in [3.05, 3.63) is 11.8 Å². The minimum atomic E-state index is -0.752. The maximum absolute atomic E-state index is 11.6. The molecule has 2 aliphatic rings. The molecule has 10 heteroatoms. The van der Waals surface area contributed by atoms with Gasteiger partial charge in [-0.3, -0.25) is 5.84 Å². The predicted octanol–water partition coefficient (Wildman–Crippen LogP) is 1.64. The lowest BCUT2D eigenvalue weighted by Gasteiger charge is -2.30. The van der Waals surface area contributed by atoms with Crippen molar-refractivity contribution in [3.63, 3.8) is 0 Å². The molecule has 2 aliphatic carbocycles. The van der Waals surface area contributed by atoms with Crippen LogP contribution >= 0.6 is 12.4 Å². The Hall–Kier alpha value is -1.39. The van der Waals surface area contributed by atoms with Crippen LogP contribution in [0.1, 0.15) is 81.1 Å². The van der Waals surface area contributed by atoms with Crippen LogP contribution < -0.4 is 17.0 Å². The van der Waals surface area contributed by atoms with Crippen molar-refractivity contribution in [3.8, 4) is 0 Å². The van der Waals surface area contributed by atoms with Crippen molar-refractivity contribution < 1.29 is 19.7 Å². The molecule has 162 valence electrons. The van der Waals surface area contributed by atoms with Crippen LogP contribution in [-0.4, -0.2) is 44.4 Å². The number of hydrazine groups is 1. The molecule has 3 rings (SSSR count).